The fourth-order valence-corrected chi connectivity index (χ4v) is 2.80. The molecule has 2 aromatic rings. The molecule has 0 saturated carbocycles. The number of hydrogen-bond acceptors (Lipinski definition) is 3. The monoisotopic (exact) mass is 282 g/mol. The van der Waals surface area contributed by atoms with E-state index in [1.54, 1.807) is 0 Å². The summed E-state index contributed by atoms with van der Waals surface area (Å²) in [6, 6.07) is 14.7. The van der Waals surface area contributed by atoms with Crippen molar-refractivity contribution in [3.63, 3.8) is 0 Å². The average molecular weight is 282 g/mol. The minimum Gasteiger partial charge on any atom is -0.493 e. The van der Waals surface area contributed by atoms with E-state index in [1.165, 1.54) is 16.7 Å². The Hall–Kier alpha value is -2.00. The van der Waals surface area contributed by atoms with E-state index in [0.29, 0.717) is 0 Å². The average Bonchev–Trinajstić information content (AvgIpc) is 2.92. The predicted octanol–water partition coefficient (Wildman–Crippen LogP) is 2.88. The predicted molar refractivity (Wildman–Crippen MR) is 86.5 cm³/mol. The minimum atomic E-state index is 0.827. The molecule has 0 spiro atoms. The number of benzene rings is 2. The largest absolute Gasteiger partial charge is 0.493 e. The lowest BCUT2D eigenvalue weighted by molar-refractivity contribution is 0.331. The van der Waals surface area contributed by atoms with Crippen LogP contribution in [0.1, 0.15) is 16.7 Å². The minimum absolute atomic E-state index is 0.827. The van der Waals surface area contributed by atoms with E-state index in [1.807, 2.05) is 18.2 Å². The van der Waals surface area contributed by atoms with Gasteiger partial charge < -0.3 is 15.4 Å². The Morgan fingerprint density at radius 2 is 2.05 bits per heavy atom. The highest BCUT2D eigenvalue weighted by Gasteiger charge is 2.12. The fourth-order valence-electron chi connectivity index (χ4n) is 2.80. The van der Waals surface area contributed by atoms with Crippen molar-refractivity contribution < 1.29 is 4.74 Å². The first-order valence-corrected chi connectivity index (χ1v) is 7.48. The summed E-state index contributed by atoms with van der Waals surface area (Å²) in [5, 5.41) is 0. The first-order valence-electron chi connectivity index (χ1n) is 7.48. The van der Waals surface area contributed by atoms with Crippen molar-refractivity contribution >= 4 is 5.69 Å². The molecule has 3 rings (SSSR count). The molecule has 2 N–H and O–H groups in total. The molecule has 0 unspecified atom stereocenters. The molecule has 110 valence electrons. The van der Waals surface area contributed by atoms with Gasteiger partial charge in [0, 0.05) is 25.2 Å². The van der Waals surface area contributed by atoms with Gasteiger partial charge in [0.25, 0.3) is 0 Å². The second-order valence-corrected chi connectivity index (χ2v) is 5.77. The van der Waals surface area contributed by atoms with Crippen LogP contribution >= 0.6 is 0 Å². The lowest BCUT2D eigenvalue weighted by atomic mass is 10.1. The van der Waals surface area contributed by atoms with Gasteiger partial charge in [-0.1, -0.05) is 24.3 Å². The highest BCUT2D eigenvalue weighted by molar-refractivity contribution is 5.41. The molecule has 2 aromatic carbocycles. The molecule has 3 heteroatoms. The van der Waals surface area contributed by atoms with Gasteiger partial charge in [-0.25, -0.2) is 0 Å². The van der Waals surface area contributed by atoms with E-state index >= 15 is 0 Å². The highest BCUT2D eigenvalue weighted by Crippen LogP contribution is 2.26. The van der Waals surface area contributed by atoms with Crippen LogP contribution in [0.5, 0.6) is 5.75 Å². The quantitative estimate of drug-likeness (QED) is 0.857. The molecule has 0 fully saturated rings. The van der Waals surface area contributed by atoms with Gasteiger partial charge in [-0.2, -0.15) is 0 Å². The summed E-state index contributed by atoms with van der Waals surface area (Å²) >= 11 is 0. The van der Waals surface area contributed by atoms with E-state index in [4.69, 9.17) is 10.5 Å². The van der Waals surface area contributed by atoms with Gasteiger partial charge in [0.2, 0.25) is 0 Å². The van der Waals surface area contributed by atoms with Crippen molar-refractivity contribution in [2.24, 2.45) is 0 Å². The zero-order valence-electron chi connectivity index (χ0n) is 12.5. The number of anilines is 1. The summed E-state index contributed by atoms with van der Waals surface area (Å²) in [6.45, 7) is 2.79. The Labute approximate surface area is 126 Å². The molecule has 21 heavy (non-hydrogen) atoms. The van der Waals surface area contributed by atoms with E-state index in [2.05, 4.69) is 36.2 Å². The first kappa shape index (κ1) is 14.0. The molecule has 0 bridgehead atoms. The Kier molecular flexibility index (Phi) is 4.11. The van der Waals surface area contributed by atoms with E-state index in [0.717, 1.165) is 44.0 Å². The molecule has 1 heterocycles. The van der Waals surface area contributed by atoms with Crippen molar-refractivity contribution in [1.29, 1.82) is 0 Å². The second kappa shape index (κ2) is 6.19. The van der Waals surface area contributed by atoms with Gasteiger partial charge in [0.05, 0.1) is 6.61 Å². The number of likely N-dealkylation sites (N-methyl/N-ethyl adjacent to an activating group) is 1. The third-order valence-electron chi connectivity index (χ3n) is 3.94. The Bertz CT molecular complexity index is 624. The third-order valence-corrected chi connectivity index (χ3v) is 3.94. The second-order valence-electron chi connectivity index (χ2n) is 5.77. The first-order chi connectivity index (χ1) is 10.2. The van der Waals surface area contributed by atoms with Gasteiger partial charge in [0.1, 0.15) is 5.75 Å². The lowest BCUT2D eigenvalue weighted by Gasteiger charge is -2.17. The van der Waals surface area contributed by atoms with Gasteiger partial charge >= 0.3 is 0 Å². The van der Waals surface area contributed by atoms with E-state index in [9.17, 15) is 0 Å². The van der Waals surface area contributed by atoms with Crippen molar-refractivity contribution in [2.75, 3.05) is 25.9 Å². The van der Waals surface area contributed by atoms with Crippen LogP contribution in [0, 0.1) is 0 Å². The summed E-state index contributed by atoms with van der Waals surface area (Å²) in [5.74, 6) is 1.06. The number of ether oxygens (including phenoxy) is 1. The van der Waals surface area contributed by atoms with Gasteiger partial charge in [-0.05, 0) is 48.4 Å². The van der Waals surface area contributed by atoms with Crippen molar-refractivity contribution in [1.82, 2.24) is 4.90 Å². The van der Waals surface area contributed by atoms with Crippen LogP contribution in [0.3, 0.4) is 0 Å². The number of rotatable bonds is 5. The van der Waals surface area contributed by atoms with Crippen molar-refractivity contribution in [3.05, 3.63) is 59.2 Å². The molecule has 0 saturated heterocycles. The van der Waals surface area contributed by atoms with Crippen LogP contribution in [0.15, 0.2) is 42.5 Å². The van der Waals surface area contributed by atoms with Crippen molar-refractivity contribution in [2.45, 2.75) is 19.4 Å². The van der Waals surface area contributed by atoms with Crippen LogP contribution in [0.4, 0.5) is 5.69 Å². The number of nitrogens with zero attached hydrogens (tertiary/aromatic N) is 1. The third kappa shape index (κ3) is 3.56. The number of hydrogen-bond donors (Lipinski definition) is 1. The molecule has 0 atom stereocenters. The van der Waals surface area contributed by atoms with Crippen LogP contribution in [0.2, 0.25) is 0 Å². The Balaban J connectivity index is 1.55. The maximum atomic E-state index is 5.82. The Morgan fingerprint density at radius 3 is 2.90 bits per heavy atom. The van der Waals surface area contributed by atoms with Crippen LogP contribution in [0.25, 0.3) is 0 Å². The van der Waals surface area contributed by atoms with Crippen LogP contribution in [-0.2, 0) is 19.4 Å². The van der Waals surface area contributed by atoms with Gasteiger partial charge in [-0.15, -0.1) is 0 Å². The highest BCUT2D eigenvalue weighted by atomic mass is 16.5. The zero-order chi connectivity index (χ0) is 14.7. The summed E-state index contributed by atoms with van der Waals surface area (Å²) in [6.07, 6.45) is 2.11. The molecule has 0 aromatic heterocycles. The van der Waals surface area contributed by atoms with Gasteiger partial charge in [0.15, 0.2) is 0 Å². The lowest BCUT2D eigenvalue weighted by Crippen LogP contribution is -2.20. The topological polar surface area (TPSA) is 38.5 Å². The molecule has 3 nitrogen and oxygen atoms in total. The molecular weight excluding hydrogens is 260 g/mol. The smallest absolute Gasteiger partial charge is 0.122 e. The van der Waals surface area contributed by atoms with Crippen LogP contribution < -0.4 is 10.5 Å². The number of nitrogens with two attached hydrogens (primary N) is 1. The molecule has 0 amide bonds. The molecular formula is C18H22N2O. The standard InChI is InChI=1S/C18H22N2O/c1-20(13-15-3-2-4-17(19)12-15)9-7-14-5-6-18-16(11-14)8-10-21-18/h2-6,11-12H,7-10,13,19H2,1H3. The summed E-state index contributed by atoms with van der Waals surface area (Å²) < 4.78 is 5.55. The zero-order valence-corrected chi connectivity index (χ0v) is 12.5. The van der Waals surface area contributed by atoms with Crippen molar-refractivity contribution in [3.8, 4) is 5.75 Å². The van der Waals surface area contributed by atoms with Gasteiger partial charge in [-0.3, -0.25) is 0 Å². The summed E-state index contributed by atoms with van der Waals surface area (Å²) in [4.78, 5) is 2.33. The van der Waals surface area contributed by atoms with E-state index in [-0.39, 0.29) is 0 Å². The molecule has 0 radical (unpaired) electrons. The molecule has 1 aliphatic rings. The van der Waals surface area contributed by atoms with E-state index < -0.39 is 0 Å². The molecule has 0 aliphatic carbocycles. The maximum Gasteiger partial charge on any atom is 0.122 e. The SMILES string of the molecule is CN(CCc1ccc2c(c1)CCO2)Cc1cccc(N)c1. The summed E-state index contributed by atoms with van der Waals surface area (Å²) in [5.41, 5.74) is 10.7. The normalized spacial score (nSPS) is 13.2. The maximum absolute atomic E-state index is 5.82. The number of nitrogen functional groups attached to an aromatic ring is 1. The fraction of sp³-hybridized carbons (Fsp3) is 0.333. The molecule has 1 aliphatic heterocycles. The summed E-state index contributed by atoms with van der Waals surface area (Å²) in [7, 11) is 2.15. The number of fused-ring (bicyclic) bond motifs is 1. The van der Waals surface area contributed by atoms with Crippen LogP contribution in [-0.4, -0.2) is 25.1 Å². The Morgan fingerprint density at radius 1 is 1.14 bits per heavy atom.